The van der Waals surface area contributed by atoms with Crippen LogP contribution in [0.4, 0.5) is 0 Å². The van der Waals surface area contributed by atoms with Gasteiger partial charge in [-0.2, -0.15) is 0 Å². The fourth-order valence-corrected chi connectivity index (χ4v) is 2.03. The van der Waals surface area contributed by atoms with E-state index in [2.05, 4.69) is 0 Å². The highest BCUT2D eigenvalue weighted by atomic mass is 16.2. The molecule has 0 aliphatic rings. The number of aryl methyl sites for hydroxylation is 3. The van der Waals surface area contributed by atoms with Crippen molar-refractivity contribution in [3.8, 4) is 0 Å². The van der Waals surface area contributed by atoms with E-state index in [0.29, 0.717) is 13.1 Å². The summed E-state index contributed by atoms with van der Waals surface area (Å²) >= 11 is 0. The predicted molar refractivity (Wildman–Crippen MR) is 75.7 cm³/mol. The Morgan fingerprint density at radius 1 is 1.05 bits per heavy atom. The van der Waals surface area contributed by atoms with E-state index in [-0.39, 0.29) is 11.2 Å². The summed E-state index contributed by atoms with van der Waals surface area (Å²) in [5.41, 5.74) is 2.82. The summed E-state index contributed by atoms with van der Waals surface area (Å²) in [5.74, 6) is 0. The van der Waals surface area contributed by atoms with E-state index in [4.69, 9.17) is 0 Å². The first kappa shape index (κ1) is 13.3. The molecule has 19 heavy (non-hydrogen) atoms. The summed E-state index contributed by atoms with van der Waals surface area (Å²) in [5, 5.41) is 0. The van der Waals surface area contributed by atoms with Crippen LogP contribution in [0.2, 0.25) is 0 Å². The Hall–Kier alpha value is -2.10. The third kappa shape index (κ3) is 2.67. The normalized spacial score (nSPS) is 10.7. The van der Waals surface area contributed by atoms with Crippen molar-refractivity contribution in [3.05, 3.63) is 68.0 Å². The van der Waals surface area contributed by atoms with Crippen LogP contribution in [0.15, 0.2) is 40.1 Å². The molecule has 2 aromatic rings. The lowest BCUT2D eigenvalue weighted by atomic mass is 10.1. The molecule has 0 fully saturated rings. The summed E-state index contributed by atoms with van der Waals surface area (Å²) in [4.78, 5) is 23.9. The molecule has 0 bridgehead atoms. The number of aromatic nitrogens is 2. The lowest BCUT2D eigenvalue weighted by molar-refractivity contribution is 0.600. The van der Waals surface area contributed by atoms with E-state index < -0.39 is 0 Å². The minimum Gasteiger partial charge on any atom is -0.301 e. The summed E-state index contributed by atoms with van der Waals surface area (Å²) < 4.78 is 2.80. The molecule has 0 aliphatic heterocycles. The monoisotopic (exact) mass is 258 g/mol. The molecule has 0 unspecified atom stereocenters. The molecule has 0 radical (unpaired) electrons. The van der Waals surface area contributed by atoms with E-state index >= 15 is 0 Å². The van der Waals surface area contributed by atoms with E-state index in [1.807, 2.05) is 39.0 Å². The highest BCUT2D eigenvalue weighted by Crippen LogP contribution is 2.09. The first-order valence-electron chi connectivity index (χ1n) is 6.39. The zero-order chi connectivity index (χ0) is 14.0. The van der Waals surface area contributed by atoms with Gasteiger partial charge >= 0.3 is 5.69 Å². The van der Waals surface area contributed by atoms with Crippen LogP contribution in [0.3, 0.4) is 0 Å². The molecule has 0 saturated heterocycles. The van der Waals surface area contributed by atoms with E-state index in [1.165, 1.54) is 20.8 Å². The summed E-state index contributed by atoms with van der Waals surface area (Å²) in [6.45, 7) is 6.83. The molecule has 100 valence electrons. The van der Waals surface area contributed by atoms with Gasteiger partial charge in [-0.1, -0.05) is 18.2 Å². The van der Waals surface area contributed by atoms with Gasteiger partial charge in [0.2, 0.25) is 0 Å². The van der Waals surface area contributed by atoms with Gasteiger partial charge in [-0.25, -0.2) is 4.79 Å². The molecule has 1 heterocycles. The third-order valence-electron chi connectivity index (χ3n) is 3.39. The van der Waals surface area contributed by atoms with Crippen molar-refractivity contribution in [2.75, 3.05) is 0 Å². The van der Waals surface area contributed by atoms with Crippen molar-refractivity contribution >= 4 is 0 Å². The minimum absolute atomic E-state index is 0.256. The summed E-state index contributed by atoms with van der Waals surface area (Å²) in [7, 11) is 0. The molecule has 1 aromatic carbocycles. The third-order valence-corrected chi connectivity index (χ3v) is 3.39. The average molecular weight is 258 g/mol. The minimum atomic E-state index is -0.257. The van der Waals surface area contributed by atoms with Crippen LogP contribution in [0.1, 0.15) is 23.6 Å². The van der Waals surface area contributed by atoms with Crippen LogP contribution in [0, 0.1) is 13.8 Å². The number of hydrogen-bond acceptors (Lipinski definition) is 2. The molecule has 0 spiro atoms. The Morgan fingerprint density at radius 2 is 1.79 bits per heavy atom. The maximum Gasteiger partial charge on any atom is 0.331 e. The van der Waals surface area contributed by atoms with E-state index in [0.717, 1.165) is 11.1 Å². The second-order valence-corrected chi connectivity index (χ2v) is 4.73. The van der Waals surface area contributed by atoms with Gasteiger partial charge in [0.05, 0.1) is 6.54 Å². The molecular formula is C15H18N2O2. The fraction of sp³-hybridized carbons (Fsp3) is 0.333. The SMILES string of the molecule is CCn1ccc(=O)n(Cc2ccc(C)c(C)c2)c1=O. The molecule has 0 N–H and O–H groups in total. The highest BCUT2D eigenvalue weighted by molar-refractivity contribution is 5.30. The molecule has 4 nitrogen and oxygen atoms in total. The molecule has 2 rings (SSSR count). The van der Waals surface area contributed by atoms with Crippen LogP contribution < -0.4 is 11.2 Å². The van der Waals surface area contributed by atoms with E-state index in [9.17, 15) is 9.59 Å². The standard InChI is InChI=1S/C15H18N2O2/c1-4-16-8-7-14(18)17(15(16)19)10-13-6-5-11(2)12(3)9-13/h5-9H,4,10H2,1-3H3. The van der Waals surface area contributed by atoms with Crippen molar-refractivity contribution in [2.24, 2.45) is 0 Å². The molecule has 0 saturated carbocycles. The highest BCUT2D eigenvalue weighted by Gasteiger charge is 2.05. The Labute approximate surface area is 111 Å². The van der Waals surface area contributed by atoms with Crippen molar-refractivity contribution < 1.29 is 0 Å². The second kappa shape index (κ2) is 5.26. The molecule has 0 aliphatic carbocycles. The van der Waals surface area contributed by atoms with Crippen LogP contribution in [-0.2, 0) is 13.1 Å². The van der Waals surface area contributed by atoms with Gasteiger partial charge in [-0.05, 0) is 37.5 Å². The number of benzene rings is 1. The second-order valence-electron chi connectivity index (χ2n) is 4.73. The van der Waals surface area contributed by atoms with Gasteiger partial charge in [-0.15, -0.1) is 0 Å². The van der Waals surface area contributed by atoms with Crippen molar-refractivity contribution in [1.29, 1.82) is 0 Å². The zero-order valence-electron chi connectivity index (χ0n) is 11.5. The molecule has 0 amide bonds. The molecule has 4 heteroatoms. The molecule has 1 aromatic heterocycles. The maximum atomic E-state index is 12.1. The topological polar surface area (TPSA) is 44.0 Å². The Morgan fingerprint density at radius 3 is 2.42 bits per heavy atom. The van der Waals surface area contributed by atoms with Crippen LogP contribution in [0.25, 0.3) is 0 Å². The molecular weight excluding hydrogens is 240 g/mol. The lowest BCUT2D eigenvalue weighted by Crippen LogP contribution is -2.38. The van der Waals surface area contributed by atoms with Crippen LogP contribution >= 0.6 is 0 Å². The quantitative estimate of drug-likeness (QED) is 0.841. The van der Waals surface area contributed by atoms with Gasteiger partial charge in [-0.3, -0.25) is 9.36 Å². The average Bonchev–Trinajstić information content (AvgIpc) is 2.39. The summed E-state index contributed by atoms with van der Waals surface area (Å²) in [6.07, 6.45) is 1.54. The van der Waals surface area contributed by atoms with Gasteiger partial charge in [0.25, 0.3) is 5.56 Å². The van der Waals surface area contributed by atoms with Gasteiger partial charge in [0, 0.05) is 18.8 Å². The fourth-order valence-electron chi connectivity index (χ4n) is 2.03. The molecule has 0 atom stereocenters. The maximum absolute atomic E-state index is 12.1. The first-order valence-corrected chi connectivity index (χ1v) is 6.39. The first-order chi connectivity index (χ1) is 9.02. The summed E-state index contributed by atoms with van der Waals surface area (Å²) in [6, 6.07) is 7.42. The number of hydrogen-bond donors (Lipinski definition) is 0. The Bertz CT molecular complexity index is 711. The largest absolute Gasteiger partial charge is 0.331 e. The van der Waals surface area contributed by atoms with Gasteiger partial charge < -0.3 is 4.57 Å². The Kier molecular flexibility index (Phi) is 3.69. The lowest BCUT2D eigenvalue weighted by Gasteiger charge is -2.09. The number of nitrogens with zero attached hydrogens (tertiary/aromatic N) is 2. The number of rotatable bonds is 3. The van der Waals surface area contributed by atoms with Crippen LogP contribution in [-0.4, -0.2) is 9.13 Å². The smallest absolute Gasteiger partial charge is 0.301 e. The van der Waals surface area contributed by atoms with Crippen molar-refractivity contribution in [2.45, 2.75) is 33.9 Å². The van der Waals surface area contributed by atoms with Crippen molar-refractivity contribution in [3.63, 3.8) is 0 Å². The van der Waals surface area contributed by atoms with Crippen molar-refractivity contribution in [1.82, 2.24) is 9.13 Å². The van der Waals surface area contributed by atoms with Gasteiger partial charge in [0.15, 0.2) is 0 Å². The van der Waals surface area contributed by atoms with Crippen LogP contribution in [0.5, 0.6) is 0 Å². The van der Waals surface area contributed by atoms with Gasteiger partial charge in [0.1, 0.15) is 0 Å². The van der Waals surface area contributed by atoms with E-state index in [1.54, 1.807) is 6.20 Å². The predicted octanol–water partition coefficient (Wildman–Crippen LogP) is 1.70. The Balaban J connectivity index is 2.46. The zero-order valence-corrected chi connectivity index (χ0v) is 11.5.